The molecule has 4 nitrogen and oxygen atoms in total. The second-order valence-corrected chi connectivity index (χ2v) is 2.73. The van der Waals surface area contributed by atoms with Gasteiger partial charge < -0.3 is 5.73 Å². The molecule has 0 spiro atoms. The number of hydrogen-bond donors (Lipinski definition) is 1. The molecule has 1 aromatic rings. The van der Waals surface area contributed by atoms with Crippen molar-refractivity contribution in [3.05, 3.63) is 33.4 Å². The van der Waals surface area contributed by atoms with Gasteiger partial charge in [-0.1, -0.05) is 0 Å². The zero-order chi connectivity index (χ0) is 9.30. The Kier molecular flexibility index (Phi) is 1.99. The molecule has 0 atom stereocenters. The van der Waals surface area contributed by atoms with Gasteiger partial charge in [-0.25, -0.2) is 0 Å². The lowest BCUT2D eigenvalue weighted by Crippen LogP contribution is -1.96. The number of nitro groups is 1. The fraction of sp³-hybridized carbons (Fsp3) is 0.250. The van der Waals surface area contributed by atoms with Crippen molar-refractivity contribution in [1.29, 1.82) is 0 Å². The minimum absolute atomic E-state index is 0.0515. The summed E-state index contributed by atoms with van der Waals surface area (Å²) in [5.41, 5.74) is 7.83. The first-order valence-electron chi connectivity index (χ1n) is 3.53. The highest BCUT2D eigenvalue weighted by Crippen LogP contribution is 2.22. The molecule has 0 aromatic heterocycles. The first-order valence-corrected chi connectivity index (χ1v) is 3.53. The average molecular weight is 166 g/mol. The highest BCUT2D eigenvalue weighted by atomic mass is 16.6. The number of hydrogen-bond acceptors (Lipinski definition) is 3. The monoisotopic (exact) mass is 166 g/mol. The lowest BCUT2D eigenvalue weighted by molar-refractivity contribution is -0.384. The molecule has 0 radical (unpaired) electrons. The number of benzene rings is 1. The largest absolute Gasteiger partial charge is 0.398 e. The summed E-state index contributed by atoms with van der Waals surface area (Å²) in [5, 5.41) is 10.4. The highest BCUT2D eigenvalue weighted by Gasteiger charge is 2.08. The van der Waals surface area contributed by atoms with Gasteiger partial charge in [-0.2, -0.15) is 0 Å². The molecule has 1 aromatic carbocycles. The van der Waals surface area contributed by atoms with Crippen molar-refractivity contribution in [1.82, 2.24) is 0 Å². The normalized spacial score (nSPS) is 9.83. The van der Waals surface area contributed by atoms with Crippen molar-refractivity contribution in [3.8, 4) is 0 Å². The van der Waals surface area contributed by atoms with Crippen LogP contribution in [0.2, 0.25) is 0 Å². The zero-order valence-corrected chi connectivity index (χ0v) is 7.00. The summed E-state index contributed by atoms with van der Waals surface area (Å²) in [4.78, 5) is 9.93. The Morgan fingerprint density at radius 3 is 2.42 bits per heavy atom. The van der Waals surface area contributed by atoms with Crippen LogP contribution < -0.4 is 5.73 Å². The van der Waals surface area contributed by atoms with Gasteiger partial charge in [-0.05, 0) is 25.0 Å². The van der Waals surface area contributed by atoms with Gasteiger partial charge in [0.15, 0.2) is 0 Å². The molecule has 0 heterocycles. The predicted octanol–water partition coefficient (Wildman–Crippen LogP) is 1.79. The summed E-state index contributed by atoms with van der Waals surface area (Å²) in [6, 6.07) is 2.90. The molecule has 0 amide bonds. The molecule has 4 heteroatoms. The van der Waals surface area contributed by atoms with E-state index in [1.165, 1.54) is 12.1 Å². The van der Waals surface area contributed by atoms with E-state index in [9.17, 15) is 10.1 Å². The highest BCUT2D eigenvalue weighted by molar-refractivity contribution is 5.56. The van der Waals surface area contributed by atoms with E-state index in [1.807, 2.05) is 6.92 Å². The minimum atomic E-state index is -0.442. The third kappa shape index (κ3) is 1.37. The maximum absolute atomic E-state index is 10.4. The molecule has 0 aliphatic heterocycles. The van der Waals surface area contributed by atoms with Crippen LogP contribution in [-0.4, -0.2) is 4.92 Å². The fourth-order valence-corrected chi connectivity index (χ4v) is 0.972. The molecule has 0 saturated heterocycles. The predicted molar refractivity (Wildman–Crippen MR) is 47.0 cm³/mol. The summed E-state index contributed by atoms with van der Waals surface area (Å²) in [6.45, 7) is 3.65. The second kappa shape index (κ2) is 2.81. The van der Waals surface area contributed by atoms with E-state index in [0.717, 1.165) is 11.1 Å². The molecule has 0 aliphatic carbocycles. The number of rotatable bonds is 1. The molecule has 64 valence electrons. The Morgan fingerprint density at radius 2 is 2.00 bits per heavy atom. The van der Waals surface area contributed by atoms with E-state index in [4.69, 9.17) is 5.73 Å². The fourth-order valence-electron chi connectivity index (χ4n) is 0.972. The van der Waals surface area contributed by atoms with Crippen LogP contribution in [0, 0.1) is 24.0 Å². The van der Waals surface area contributed by atoms with Crippen molar-refractivity contribution in [3.63, 3.8) is 0 Å². The molecule has 0 saturated carbocycles. The smallest absolute Gasteiger partial charge is 0.271 e. The lowest BCUT2D eigenvalue weighted by atomic mass is 10.1. The quantitative estimate of drug-likeness (QED) is 0.393. The average Bonchev–Trinajstić information content (AvgIpc) is 1.99. The third-order valence-electron chi connectivity index (χ3n) is 1.90. The first kappa shape index (κ1) is 8.52. The summed E-state index contributed by atoms with van der Waals surface area (Å²) >= 11 is 0. The molecule has 2 N–H and O–H groups in total. The number of nitrogen functional groups attached to an aromatic ring is 1. The molecular weight excluding hydrogens is 156 g/mol. The summed E-state index contributed by atoms with van der Waals surface area (Å²) in [5.74, 6) is 0. The van der Waals surface area contributed by atoms with E-state index in [-0.39, 0.29) is 5.69 Å². The summed E-state index contributed by atoms with van der Waals surface area (Å²) < 4.78 is 0. The summed E-state index contributed by atoms with van der Waals surface area (Å²) in [7, 11) is 0. The van der Waals surface area contributed by atoms with Crippen LogP contribution in [0.4, 0.5) is 11.4 Å². The molecule has 0 unspecified atom stereocenters. The van der Waals surface area contributed by atoms with E-state index in [0.29, 0.717) is 5.69 Å². The van der Waals surface area contributed by atoms with E-state index >= 15 is 0 Å². The minimum Gasteiger partial charge on any atom is -0.398 e. The zero-order valence-electron chi connectivity index (χ0n) is 7.00. The molecular formula is C8H10N2O2. The number of anilines is 1. The second-order valence-electron chi connectivity index (χ2n) is 2.73. The summed E-state index contributed by atoms with van der Waals surface area (Å²) in [6.07, 6.45) is 0. The van der Waals surface area contributed by atoms with Crippen LogP contribution >= 0.6 is 0 Å². The first-order chi connectivity index (χ1) is 5.52. The topological polar surface area (TPSA) is 69.2 Å². The van der Waals surface area contributed by atoms with Gasteiger partial charge in [-0.3, -0.25) is 10.1 Å². The molecule has 1 rings (SSSR count). The van der Waals surface area contributed by atoms with Crippen molar-refractivity contribution in [2.45, 2.75) is 13.8 Å². The Labute approximate surface area is 70.2 Å². The number of aryl methyl sites for hydroxylation is 1. The molecule has 0 aliphatic rings. The van der Waals surface area contributed by atoms with Crippen LogP contribution in [-0.2, 0) is 0 Å². The Morgan fingerprint density at radius 1 is 1.42 bits per heavy atom. The van der Waals surface area contributed by atoms with Crippen LogP contribution in [0.3, 0.4) is 0 Å². The number of nitrogens with zero attached hydrogens (tertiary/aromatic N) is 1. The maximum Gasteiger partial charge on any atom is 0.271 e. The number of nitrogens with two attached hydrogens (primary N) is 1. The van der Waals surface area contributed by atoms with E-state index in [2.05, 4.69) is 0 Å². The van der Waals surface area contributed by atoms with E-state index in [1.54, 1.807) is 6.92 Å². The van der Waals surface area contributed by atoms with Gasteiger partial charge in [0.2, 0.25) is 0 Å². The van der Waals surface area contributed by atoms with Crippen LogP contribution in [0.25, 0.3) is 0 Å². The Balaban J connectivity index is 3.31. The third-order valence-corrected chi connectivity index (χ3v) is 1.90. The number of non-ortho nitro benzene ring substituents is 1. The van der Waals surface area contributed by atoms with Crippen LogP contribution in [0.5, 0.6) is 0 Å². The van der Waals surface area contributed by atoms with Crippen LogP contribution in [0.1, 0.15) is 11.1 Å². The van der Waals surface area contributed by atoms with Gasteiger partial charge in [0, 0.05) is 17.8 Å². The van der Waals surface area contributed by atoms with Gasteiger partial charge in [0.25, 0.3) is 5.69 Å². The molecule has 0 fully saturated rings. The Bertz CT molecular complexity index is 311. The van der Waals surface area contributed by atoms with Gasteiger partial charge >= 0.3 is 0 Å². The van der Waals surface area contributed by atoms with E-state index < -0.39 is 4.92 Å². The van der Waals surface area contributed by atoms with Crippen LogP contribution in [0.15, 0.2) is 12.1 Å². The SMILES string of the molecule is Cc1cc([N+](=O)[O-])cc(N)c1C. The standard InChI is InChI=1S/C8H10N2O2/c1-5-3-7(10(11)12)4-8(9)6(5)2/h3-4H,9H2,1-2H3. The Hall–Kier alpha value is -1.58. The maximum atomic E-state index is 10.4. The van der Waals surface area contributed by atoms with Crippen molar-refractivity contribution in [2.24, 2.45) is 0 Å². The molecule has 0 bridgehead atoms. The van der Waals surface area contributed by atoms with Crippen molar-refractivity contribution < 1.29 is 4.92 Å². The lowest BCUT2D eigenvalue weighted by Gasteiger charge is -2.02. The van der Waals surface area contributed by atoms with Crippen molar-refractivity contribution >= 4 is 11.4 Å². The van der Waals surface area contributed by atoms with Gasteiger partial charge in [0.05, 0.1) is 4.92 Å². The van der Waals surface area contributed by atoms with Gasteiger partial charge in [-0.15, -0.1) is 0 Å². The van der Waals surface area contributed by atoms with Crippen molar-refractivity contribution in [2.75, 3.05) is 5.73 Å². The van der Waals surface area contributed by atoms with Gasteiger partial charge in [0.1, 0.15) is 0 Å². The molecule has 12 heavy (non-hydrogen) atoms. The number of nitro benzene ring substituents is 1.